The number of nitrogens with zero attached hydrogens (tertiary/aromatic N) is 1. The molecule has 1 heterocycles. The summed E-state index contributed by atoms with van der Waals surface area (Å²) < 4.78 is 10.9. The molecule has 3 rings (SSSR count). The summed E-state index contributed by atoms with van der Waals surface area (Å²) in [5.41, 5.74) is 1.73. The first kappa shape index (κ1) is 15.9. The van der Waals surface area contributed by atoms with Crippen LogP contribution >= 0.6 is 0 Å². The largest absolute Gasteiger partial charge is 0.491 e. The van der Waals surface area contributed by atoms with Crippen molar-refractivity contribution >= 4 is 12.1 Å². The quantitative estimate of drug-likeness (QED) is 0.938. The Bertz CT molecular complexity index is 744. The lowest BCUT2D eigenvalue weighted by atomic mass is 10.1. The molecule has 0 fully saturated rings. The molecule has 1 aliphatic heterocycles. The Balaban J connectivity index is 1.69. The predicted molar refractivity (Wildman–Crippen MR) is 85.9 cm³/mol. The van der Waals surface area contributed by atoms with Gasteiger partial charge in [-0.2, -0.15) is 0 Å². The zero-order valence-electron chi connectivity index (χ0n) is 13.0. The van der Waals surface area contributed by atoms with Crippen LogP contribution in [0.25, 0.3) is 0 Å². The van der Waals surface area contributed by atoms with Crippen LogP contribution in [0.4, 0.5) is 4.79 Å². The highest BCUT2D eigenvalue weighted by atomic mass is 16.6. The smallest absolute Gasteiger partial charge is 0.410 e. The average Bonchev–Trinajstić information content (AvgIpc) is 2.82. The first-order valence-corrected chi connectivity index (χ1v) is 7.58. The summed E-state index contributed by atoms with van der Waals surface area (Å²) in [6, 6.07) is 14.1. The summed E-state index contributed by atoms with van der Waals surface area (Å²) in [5.74, 6) is -0.418. The number of carboxylic acids is 1. The third-order valence-electron chi connectivity index (χ3n) is 3.75. The molecule has 1 N–H and O–H groups in total. The molecule has 0 saturated heterocycles. The molecule has 2 aromatic rings. The summed E-state index contributed by atoms with van der Waals surface area (Å²) in [6.07, 6.45) is -0.448. The summed E-state index contributed by atoms with van der Waals surface area (Å²) in [7, 11) is 0. The first-order valence-electron chi connectivity index (χ1n) is 7.58. The van der Waals surface area contributed by atoms with Gasteiger partial charge in [0.2, 0.25) is 0 Å². The fourth-order valence-corrected chi connectivity index (χ4v) is 2.49. The summed E-state index contributed by atoms with van der Waals surface area (Å²) in [6.45, 7) is 1.16. The minimum absolute atomic E-state index is 0.164. The Morgan fingerprint density at radius 3 is 2.71 bits per heavy atom. The molecule has 0 radical (unpaired) electrons. The van der Waals surface area contributed by atoms with Crippen molar-refractivity contribution in [2.45, 2.75) is 13.2 Å². The van der Waals surface area contributed by atoms with E-state index in [2.05, 4.69) is 0 Å². The van der Waals surface area contributed by atoms with Crippen molar-refractivity contribution in [3.05, 3.63) is 65.2 Å². The number of fused-ring (bicyclic) bond motifs is 1. The fraction of sp³-hybridized carbons (Fsp3) is 0.222. The lowest BCUT2D eigenvalue weighted by molar-refractivity contribution is 0.0696. The molecule has 24 heavy (non-hydrogen) atoms. The average molecular weight is 327 g/mol. The van der Waals surface area contributed by atoms with Crippen LogP contribution in [-0.2, 0) is 17.9 Å². The van der Waals surface area contributed by atoms with Gasteiger partial charge in [0.1, 0.15) is 19.0 Å². The van der Waals surface area contributed by atoms with Crippen molar-refractivity contribution < 1.29 is 24.2 Å². The number of rotatable bonds is 3. The minimum Gasteiger partial charge on any atom is -0.491 e. The Hall–Kier alpha value is -3.02. The lowest BCUT2D eigenvalue weighted by Crippen LogP contribution is -2.32. The molecule has 0 bridgehead atoms. The highest BCUT2D eigenvalue weighted by Crippen LogP contribution is 2.25. The van der Waals surface area contributed by atoms with E-state index in [1.54, 1.807) is 6.07 Å². The molecule has 6 heteroatoms. The van der Waals surface area contributed by atoms with Gasteiger partial charge in [0, 0.05) is 5.56 Å². The van der Waals surface area contributed by atoms with E-state index in [4.69, 9.17) is 14.6 Å². The van der Waals surface area contributed by atoms with E-state index in [0.29, 0.717) is 24.5 Å². The van der Waals surface area contributed by atoms with E-state index in [-0.39, 0.29) is 18.7 Å². The highest BCUT2D eigenvalue weighted by Gasteiger charge is 2.22. The van der Waals surface area contributed by atoms with Gasteiger partial charge < -0.3 is 19.5 Å². The standard InChI is InChI=1S/C18H17NO5/c20-17(21)14-6-7-16-15(10-14)11-19(8-9-23-16)18(22)24-12-13-4-2-1-3-5-13/h1-7,10H,8-9,11-12H2,(H,20,21). The molecule has 1 amide bonds. The summed E-state index contributed by atoms with van der Waals surface area (Å²) in [4.78, 5) is 24.9. The van der Waals surface area contributed by atoms with E-state index in [0.717, 1.165) is 5.56 Å². The van der Waals surface area contributed by atoms with E-state index in [9.17, 15) is 9.59 Å². The maximum absolute atomic E-state index is 12.3. The SMILES string of the molecule is O=C(O)c1ccc2c(c1)CN(C(=O)OCc1ccccc1)CCO2. The monoisotopic (exact) mass is 327 g/mol. The van der Waals surface area contributed by atoms with E-state index < -0.39 is 12.1 Å². The van der Waals surface area contributed by atoms with Crippen molar-refractivity contribution in [1.29, 1.82) is 0 Å². The molecule has 0 unspecified atom stereocenters. The van der Waals surface area contributed by atoms with Crippen molar-refractivity contribution in [2.75, 3.05) is 13.2 Å². The maximum atomic E-state index is 12.3. The van der Waals surface area contributed by atoms with Crippen molar-refractivity contribution in [1.82, 2.24) is 4.90 Å². The number of carboxylic acid groups (broad SMARTS) is 1. The molecule has 6 nitrogen and oxygen atoms in total. The van der Waals surface area contributed by atoms with Crippen LogP contribution < -0.4 is 4.74 Å². The van der Waals surface area contributed by atoms with Gasteiger partial charge in [0.15, 0.2) is 0 Å². The lowest BCUT2D eigenvalue weighted by Gasteiger charge is -2.19. The topological polar surface area (TPSA) is 76.1 Å². The highest BCUT2D eigenvalue weighted by molar-refractivity contribution is 5.88. The van der Waals surface area contributed by atoms with Crippen LogP contribution in [0.1, 0.15) is 21.5 Å². The second-order valence-corrected chi connectivity index (χ2v) is 5.44. The number of carbonyl (C=O) groups is 2. The Morgan fingerprint density at radius 2 is 1.96 bits per heavy atom. The number of ether oxygens (including phenoxy) is 2. The fourth-order valence-electron chi connectivity index (χ4n) is 2.49. The van der Waals surface area contributed by atoms with Gasteiger partial charge in [-0.15, -0.1) is 0 Å². The zero-order chi connectivity index (χ0) is 16.9. The molecule has 0 aliphatic carbocycles. The van der Waals surface area contributed by atoms with Gasteiger partial charge >= 0.3 is 12.1 Å². The van der Waals surface area contributed by atoms with E-state index >= 15 is 0 Å². The first-order chi connectivity index (χ1) is 11.6. The Labute approximate surface area is 139 Å². The van der Waals surface area contributed by atoms with Crippen molar-refractivity contribution in [3.63, 3.8) is 0 Å². The molecule has 1 aliphatic rings. The minimum atomic E-state index is -1.01. The van der Waals surface area contributed by atoms with Gasteiger partial charge in [0.05, 0.1) is 18.7 Å². The van der Waals surface area contributed by atoms with Crippen LogP contribution in [0.5, 0.6) is 5.75 Å². The predicted octanol–water partition coefficient (Wildman–Crippen LogP) is 2.92. The third-order valence-corrected chi connectivity index (χ3v) is 3.75. The van der Waals surface area contributed by atoms with E-state index in [1.807, 2.05) is 30.3 Å². The molecular formula is C18H17NO5. The number of benzene rings is 2. The van der Waals surface area contributed by atoms with E-state index in [1.165, 1.54) is 17.0 Å². The number of aromatic carboxylic acids is 1. The van der Waals surface area contributed by atoms with Crippen LogP contribution in [-0.4, -0.2) is 35.2 Å². The van der Waals surface area contributed by atoms with Gasteiger partial charge in [-0.1, -0.05) is 30.3 Å². The van der Waals surface area contributed by atoms with Crippen LogP contribution in [0.2, 0.25) is 0 Å². The molecule has 0 atom stereocenters. The van der Waals surface area contributed by atoms with Gasteiger partial charge in [-0.25, -0.2) is 9.59 Å². The van der Waals surface area contributed by atoms with Crippen molar-refractivity contribution in [3.8, 4) is 5.75 Å². The summed E-state index contributed by atoms with van der Waals surface area (Å²) >= 11 is 0. The molecule has 0 spiro atoms. The number of hydrogen-bond donors (Lipinski definition) is 1. The van der Waals surface area contributed by atoms with Gasteiger partial charge in [-0.3, -0.25) is 0 Å². The normalized spacial score (nSPS) is 13.4. The summed E-state index contributed by atoms with van der Waals surface area (Å²) in [5, 5.41) is 9.10. The number of amides is 1. The van der Waals surface area contributed by atoms with Crippen molar-refractivity contribution in [2.24, 2.45) is 0 Å². The maximum Gasteiger partial charge on any atom is 0.410 e. The van der Waals surface area contributed by atoms with Crippen LogP contribution in [0.3, 0.4) is 0 Å². The van der Waals surface area contributed by atoms with Gasteiger partial charge in [0.25, 0.3) is 0 Å². The Kier molecular flexibility index (Phi) is 4.65. The number of carbonyl (C=O) groups excluding carboxylic acids is 1. The molecule has 0 aromatic heterocycles. The van der Waals surface area contributed by atoms with Crippen LogP contribution in [0.15, 0.2) is 48.5 Å². The molecule has 124 valence electrons. The molecular weight excluding hydrogens is 310 g/mol. The molecule has 0 saturated carbocycles. The number of hydrogen-bond acceptors (Lipinski definition) is 4. The molecule has 2 aromatic carbocycles. The van der Waals surface area contributed by atoms with Gasteiger partial charge in [-0.05, 0) is 23.8 Å². The zero-order valence-corrected chi connectivity index (χ0v) is 13.0. The second-order valence-electron chi connectivity index (χ2n) is 5.44. The second kappa shape index (κ2) is 7.04. The van der Waals surface area contributed by atoms with Crippen LogP contribution in [0, 0.1) is 0 Å². The Morgan fingerprint density at radius 1 is 1.17 bits per heavy atom. The third kappa shape index (κ3) is 3.65.